The molecule has 0 saturated carbocycles. The molecular weight excluding hydrogens is 439 g/mol. The molecule has 2 heterocycles. The molecule has 156 valence electrons. The van der Waals surface area contributed by atoms with Crippen molar-refractivity contribution in [2.45, 2.75) is 12.8 Å². The van der Waals surface area contributed by atoms with Gasteiger partial charge in [0.05, 0.1) is 16.5 Å². The number of carboxylic acid groups (broad SMARTS) is 1. The molecule has 0 aliphatic carbocycles. The minimum absolute atomic E-state index is 0.138. The lowest BCUT2D eigenvalue weighted by atomic mass is 10.1. The molecule has 1 amide bonds. The first kappa shape index (κ1) is 20.8. The number of amides is 1. The van der Waals surface area contributed by atoms with Crippen LogP contribution in [0.3, 0.4) is 0 Å². The summed E-state index contributed by atoms with van der Waals surface area (Å²) in [6.07, 6.45) is 5.31. The van der Waals surface area contributed by atoms with Gasteiger partial charge in [0.25, 0.3) is 5.91 Å². The quantitative estimate of drug-likeness (QED) is 0.446. The number of hydrogen-bond acceptors (Lipinski definition) is 4. The number of nitrogens with zero attached hydrogens (tertiary/aromatic N) is 3. The number of hydrogen-bond donors (Lipinski definition) is 2. The molecule has 7 nitrogen and oxygen atoms in total. The fourth-order valence-electron chi connectivity index (χ4n) is 3.17. The van der Waals surface area contributed by atoms with Crippen LogP contribution >= 0.6 is 23.2 Å². The maximum atomic E-state index is 12.4. The molecule has 0 unspecified atom stereocenters. The molecule has 0 fully saturated rings. The zero-order valence-corrected chi connectivity index (χ0v) is 17.6. The summed E-state index contributed by atoms with van der Waals surface area (Å²) < 4.78 is 1.79. The summed E-state index contributed by atoms with van der Waals surface area (Å²) in [5, 5.41) is 12.6. The Morgan fingerprint density at radius 1 is 1.03 bits per heavy atom. The second-order valence-electron chi connectivity index (χ2n) is 6.85. The number of nitrogens with one attached hydrogen (secondary N) is 1. The Hall–Kier alpha value is -3.42. The number of rotatable bonds is 6. The maximum Gasteiger partial charge on any atom is 0.308 e. The molecule has 9 heteroatoms. The number of carbonyl (C=O) groups is 2. The van der Waals surface area contributed by atoms with Crippen LogP contribution in [0.4, 0.5) is 5.69 Å². The van der Waals surface area contributed by atoms with E-state index in [0.717, 1.165) is 11.4 Å². The summed E-state index contributed by atoms with van der Waals surface area (Å²) in [4.78, 5) is 32.1. The second-order valence-corrected chi connectivity index (χ2v) is 7.66. The molecule has 2 aromatic heterocycles. The van der Waals surface area contributed by atoms with Crippen LogP contribution in [0.15, 0.2) is 61.1 Å². The number of fused-ring (bicyclic) bond motifs is 1. The van der Waals surface area contributed by atoms with Crippen LogP contribution in [0.25, 0.3) is 5.65 Å². The molecular formula is C22H16Cl2N4O3. The van der Waals surface area contributed by atoms with Crippen molar-refractivity contribution >= 4 is 46.4 Å². The highest BCUT2D eigenvalue weighted by molar-refractivity contribution is 6.42. The summed E-state index contributed by atoms with van der Waals surface area (Å²) in [7, 11) is 0. The zero-order chi connectivity index (χ0) is 22.0. The number of imidazole rings is 1. The summed E-state index contributed by atoms with van der Waals surface area (Å²) in [5.41, 5.74) is 3.16. The summed E-state index contributed by atoms with van der Waals surface area (Å²) in [6, 6.07) is 12.1. The average Bonchev–Trinajstić information content (AvgIpc) is 3.23. The van der Waals surface area contributed by atoms with Gasteiger partial charge in [-0.1, -0.05) is 35.3 Å². The number of anilines is 1. The molecule has 2 N–H and O–H groups in total. The van der Waals surface area contributed by atoms with E-state index in [-0.39, 0.29) is 12.3 Å². The van der Waals surface area contributed by atoms with E-state index in [0.29, 0.717) is 38.9 Å². The lowest BCUT2D eigenvalue weighted by molar-refractivity contribution is -0.136. The van der Waals surface area contributed by atoms with Crippen molar-refractivity contribution in [3.05, 3.63) is 93.6 Å². The summed E-state index contributed by atoms with van der Waals surface area (Å²) >= 11 is 11.9. The van der Waals surface area contributed by atoms with E-state index in [4.69, 9.17) is 28.3 Å². The van der Waals surface area contributed by atoms with Gasteiger partial charge in [-0.3, -0.25) is 14.0 Å². The van der Waals surface area contributed by atoms with Gasteiger partial charge in [0.15, 0.2) is 0 Å². The van der Waals surface area contributed by atoms with Crippen LogP contribution in [0, 0.1) is 0 Å². The van der Waals surface area contributed by atoms with Crippen molar-refractivity contribution in [1.29, 1.82) is 0 Å². The van der Waals surface area contributed by atoms with Gasteiger partial charge < -0.3 is 10.4 Å². The van der Waals surface area contributed by atoms with Gasteiger partial charge in [-0.15, -0.1) is 0 Å². The molecule has 2 aromatic carbocycles. The van der Waals surface area contributed by atoms with Crippen molar-refractivity contribution in [2.24, 2.45) is 0 Å². The van der Waals surface area contributed by atoms with Crippen LogP contribution < -0.4 is 5.32 Å². The number of carboxylic acids is 1. The molecule has 0 radical (unpaired) electrons. The molecule has 0 aliphatic rings. The van der Waals surface area contributed by atoms with E-state index in [2.05, 4.69) is 15.3 Å². The Morgan fingerprint density at radius 3 is 2.52 bits per heavy atom. The van der Waals surface area contributed by atoms with Gasteiger partial charge >= 0.3 is 5.97 Å². The van der Waals surface area contributed by atoms with Gasteiger partial charge in [-0.25, -0.2) is 9.97 Å². The van der Waals surface area contributed by atoms with Crippen molar-refractivity contribution in [3.63, 3.8) is 0 Å². The highest BCUT2D eigenvalue weighted by atomic mass is 35.5. The van der Waals surface area contributed by atoms with Crippen LogP contribution in [-0.2, 0) is 17.6 Å². The largest absolute Gasteiger partial charge is 0.481 e. The van der Waals surface area contributed by atoms with Crippen LogP contribution in [0.5, 0.6) is 0 Å². The first-order chi connectivity index (χ1) is 14.9. The minimum Gasteiger partial charge on any atom is -0.481 e. The maximum absolute atomic E-state index is 12.4. The van der Waals surface area contributed by atoms with Gasteiger partial charge in [0.1, 0.15) is 11.5 Å². The molecule has 0 aliphatic heterocycles. The monoisotopic (exact) mass is 454 g/mol. The third-order valence-electron chi connectivity index (χ3n) is 4.67. The smallest absolute Gasteiger partial charge is 0.308 e. The Labute approximate surface area is 187 Å². The van der Waals surface area contributed by atoms with Crippen molar-refractivity contribution in [2.75, 3.05) is 5.32 Å². The SMILES string of the molecule is O=C(O)Cc1cnc(Cc2ccc(NC(=O)c3ccc(Cl)c(Cl)c3)cc2)n2ccnc12. The fraction of sp³-hybridized carbons (Fsp3) is 0.0909. The number of aliphatic carboxylic acids is 1. The summed E-state index contributed by atoms with van der Waals surface area (Å²) in [6.45, 7) is 0. The molecule has 0 spiro atoms. The highest BCUT2D eigenvalue weighted by Gasteiger charge is 2.12. The number of halogens is 2. The van der Waals surface area contributed by atoms with E-state index in [9.17, 15) is 9.59 Å². The third-order valence-corrected chi connectivity index (χ3v) is 5.41. The van der Waals surface area contributed by atoms with E-state index >= 15 is 0 Å². The van der Waals surface area contributed by atoms with Gasteiger partial charge in [0, 0.05) is 41.8 Å². The third kappa shape index (κ3) is 4.68. The lowest BCUT2D eigenvalue weighted by Gasteiger charge is -2.09. The molecule has 31 heavy (non-hydrogen) atoms. The lowest BCUT2D eigenvalue weighted by Crippen LogP contribution is -2.12. The first-order valence-electron chi connectivity index (χ1n) is 9.27. The minimum atomic E-state index is -0.932. The van der Waals surface area contributed by atoms with E-state index < -0.39 is 5.97 Å². The highest BCUT2D eigenvalue weighted by Crippen LogP contribution is 2.23. The molecule has 4 rings (SSSR count). The molecule has 0 bridgehead atoms. The normalized spacial score (nSPS) is 10.9. The van der Waals surface area contributed by atoms with Crippen molar-refractivity contribution in [1.82, 2.24) is 14.4 Å². The Balaban J connectivity index is 1.49. The van der Waals surface area contributed by atoms with Crippen LogP contribution in [0.2, 0.25) is 10.0 Å². The molecule has 0 atom stereocenters. The Kier molecular flexibility index (Phi) is 5.88. The van der Waals surface area contributed by atoms with E-state index in [1.54, 1.807) is 47.3 Å². The first-order valence-corrected chi connectivity index (χ1v) is 10.0. The van der Waals surface area contributed by atoms with Crippen molar-refractivity contribution in [3.8, 4) is 0 Å². The topological polar surface area (TPSA) is 96.6 Å². The Bertz CT molecular complexity index is 1290. The van der Waals surface area contributed by atoms with Crippen LogP contribution in [-0.4, -0.2) is 31.4 Å². The Morgan fingerprint density at radius 2 is 1.81 bits per heavy atom. The van der Waals surface area contributed by atoms with Crippen LogP contribution in [0.1, 0.15) is 27.3 Å². The zero-order valence-electron chi connectivity index (χ0n) is 16.0. The van der Waals surface area contributed by atoms with Crippen molar-refractivity contribution < 1.29 is 14.7 Å². The fourth-order valence-corrected chi connectivity index (χ4v) is 3.47. The molecule has 0 saturated heterocycles. The van der Waals surface area contributed by atoms with E-state index in [1.807, 2.05) is 12.1 Å². The number of aromatic nitrogens is 3. The van der Waals surface area contributed by atoms with Gasteiger partial charge in [-0.2, -0.15) is 0 Å². The number of benzene rings is 2. The standard InChI is InChI=1S/C22H16Cl2N4O3/c23-17-6-3-14(10-18(17)24)22(31)27-16-4-1-13(2-5-16)9-19-26-12-15(11-20(29)30)21-25-7-8-28(19)21/h1-8,10,12H,9,11H2,(H,27,31)(H,29,30). The predicted octanol–water partition coefficient (Wildman–Crippen LogP) is 4.51. The second kappa shape index (κ2) is 8.75. The average molecular weight is 455 g/mol. The van der Waals surface area contributed by atoms with Gasteiger partial charge in [0.2, 0.25) is 0 Å². The predicted molar refractivity (Wildman–Crippen MR) is 118 cm³/mol. The summed E-state index contributed by atoms with van der Waals surface area (Å²) in [5.74, 6) is -0.491. The molecule has 4 aromatic rings. The van der Waals surface area contributed by atoms with E-state index in [1.165, 1.54) is 6.07 Å². The van der Waals surface area contributed by atoms with Gasteiger partial charge in [-0.05, 0) is 35.9 Å². The number of carbonyl (C=O) groups excluding carboxylic acids is 1.